The Morgan fingerprint density at radius 3 is 2.58 bits per heavy atom. The van der Waals surface area contributed by atoms with Crippen LogP contribution in [0.25, 0.3) is 0 Å². The summed E-state index contributed by atoms with van der Waals surface area (Å²) in [5.74, 6) is -0.347. The monoisotopic (exact) mass is 291 g/mol. The van der Waals surface area contributed by atoms with Gasteiger partial charge in [-0.2, -0.15) is 13.2 Å². The van der Waals surface area contributed by atoms with Gasteiger partial charge in [-0.3, -0.25) is 4.79 Å². The van der Waals surface area contributed by atoms with E-state index in [1.807, 2.05) is 0 Å². The Hall–Kier alpha value is -1.23. The molecule has 1 amide bonds. The molecule has 0 aliphatic carbocycles. The number of nitrogens with zero attached hydrogens (tertiary/aromatic N) is 1. The number of para-hydroxylation sites is 1. The van der Waals surface area contributed by atoms with Gasteiger partial charge in [0.2, 0.25) is 5.91 Å². The average molecular weight is 292 g/mol. The van der Waals surface area contributed by atoms with Crippen molar-refractivity contribution >= 4 is 23.2 Å². The Morgan fingerprint density at radius 2 is 2.00 bits per heavy atom. The van der Waals surface area contributed by atoms with Crippen LogP contribution in [0.4, 0.5) is 18.9 Å². The summed E-state index contributed by atoms with van der Waals surface area (Å²) in [6.07, 6.45) is -5.54. The number of halogens is 4. The van der Waals surface area contributed by atoms with Gasteiger partial charge >= 0.3 is 6.18 Å². The lowest BCUT2D eigenvalue weighted by molar-refractivity contribution is -0.141. The number of likely N-dealkylation sites (N-methyl/N-ethyl adjacent to an activating group) is 1. The summed E-state index contributed by atoms with van der Waals surface area (Å²) < 4.78 is 37.2. The van der Waals surface area contributed by atoms with Crippen LogP contribution in [0.3, 0.4) is 0 Å². The molecule has 2 rings (SSSR count). The fraction of sp³-hybridized carbons (Fsp3) is 0.462. The van der Waals surface area contributed by atoms with E-state index >= 15 is 0 Å². The highest BCUT2D eigenvalue weighted by Crippen LogP contribution is 2.47. The number of hydrogen-bond donors (Lipinski definition) is 0. The van der Waals surface area contributed by atoms with Gasteiger partial charge in [-0.25, -0.2) is 0 Å². The van der Waals surface area contributed by atoms with Crippen LogP contribution in [0, 0.1) is 0 Å². The molecule has 0 saturated heterocycles. The maximum Gasteiger partial charge on any atom is 0.389 e. The zero-order valence-corrected chi connectivity index (χ0v) is 11.3. The van der Waals surface area contributed by atoms with Crippen molar-refractivity contribution < 1.29 is 18.0 Å². The summed E-state index contributed by atoms with van der Waals surface area (Å²) in [6, 6.07) is 4.94. The molecule has 0 fully saturated rings. The minimum atomic E-state index is -4.27. The minimum absolute atomic E-state index is 0.271. The molecule has 1 aliphatic rings. The summed E-state index contributed by atoms with van der Waals surface area (Å²) in [4.78, 5) is 13.6. The number of amides is 1. The van der Waals surface area contributed by atoms with Crippen molar-refractivity contribution in [2.24, 2.45) is 0 Å². The highest BCUT2D eigenvalue weighted by Gasteiger charge is 2.48. The van der Waals surface area contributed by atoms with Crippen LogP contribution in [0.2, 0.25) is 5.02 Å². The third-order valence-corrected chi connectivity index (χ3v) is 3.91. The third-order valence-electron chi connectivity index (χ3n) is 3.60. The van der Waals surface area contributed by atoms with Crippen LogP contribution in [0.5, 0.6) is 0 Å². The molecule has 0 aromatic heterocycles. The summed E-state index contributed by atoms with van der Waals surface area (Å²) in [5.41, 5.74) is -0.0829. The first kappa shape index (κ1) is 14.2. The minimum Gasteiger partial charge on any atom is -0.313 e. The first-order valence-electron chi connectivity index (χ1n) is 5.81. The molecule has 104 valence electrons. The van der Waals surface area contributed by atoms with Gasteiger partial charge in [0.25, 0.3) is 0 Å². The standard InChI is InChI=1S/C13H13ClF3NO/c1-12(6-7-13(15,16)17)8-4-3-5-9(14)10(8)18(2)11(12)19/h3-5H,6-7H2,1-2H3. The zero-order chi connectivity index (χ0) is 14.4. The average Bonchev–Trinajstić information content (AvgIpc) is 2.50. The molecule has 0 spiro atoms. The molecule has 0 saturated carbocycles. The lowest BCUT2D eigenvalue weighted by atomic mass is 9.79. The second kappa shape index (κ2) is 4.40. The number of carbonyl (C=O) groups is 1. The van der Waals surface area contributed by atoms with Crippen molar-refractivity contribution in [3.8, 4) is 0 Å². The van der Waals surface area contributed by atoms with Gasteiger partial charge in [0, 0.05) is 13.5 Å². The molecule has 1 atom stereocenters. The van der Waals surface area contributed by atoms with E-state index in [2.05, 4.69) is 0 Å². The van der Waals surface area contributed by atoms with Crippen molar-refractivity contribution in [3.63, 3.8) is 0 Å². The van der Waals surface area contributed by atoms with Gasteiger partial charge in [-0.1, -0.05) is 23.7 Å². The van der Waals surface area contributed by atoms with Crippen LogP contribution in [0.1, 0.15) is 25.3 Å². The summed E-state index contributed by atoms with van der Waals surface area (Å²) >= 11 is 6.03. The highest BCUT2D eigenvalue weighted by molar-refractivity contribution is 6.35. The largest absolute Gasteiger partial charge is 0.389 e. The van der Waals surface area contributed by atoms with Crippen LogP contribution >= 0.6 is 11.6 Å². The zero-order valence-electron chi connectivity index (χ0n) is 10.5. The Morgan fingerprint density at radius 1 is 1.37 bits per heavy atom. The van der Waals surface area contributed by atoms with E-state index < -0.39 is 18.0 Å². The molecule has 1 heterocycles. The van der Waals surface area contributed by atoms with Crippen LogP contribution in [0.15, 0.2) is 18.2 Å². The molecule has 19 heavy (non-hydrogen) atoms. The second-order valence-electron chi connectivity index (χ2n) is 4.95. The fourth-order valence-corrected chi connectivity index (χ4v) is 2.82. The van der Waals surface area contributed by atoms with Crippen LogP contribution < -0.4 is 4.90 Å². The Kier molecular flexibility index (Phi) is 3.29. The van der Waals surface area contributed by atoms with E-state index in [4.69, 9.17) is 11.6 Å². The van der Waals surface area contributed by atoms with Crippen molar-refractivity contribution in [3.05, 3.63) is 28.8 Å². The quantitative estimate of drug-likeness (QED) is 0.809. The second-order valence-corrected chi connectivity index (χ2v) is 5.35. The fourth-order valence-electron chi connectivity index (χ4n) is 2.52. The smallest absolute Gasteiger partial charge is 0.313 e. The predicted octanol–water partition coefficient (Wildman–Crippen LogP) is 3.92. The first-order chi connectivity index (χ1) is 8.67. The van der Waals surface area contributed by atoms with Crippen LogP contribution in [-0.2, 0) is 10.2 Å². The van der Waals surface area contributed by atoms with Gasteiger partial charge in [0.05, 0.1) is 16.1 Å². The van der Waals surface area contributed by atoms with E-state index in [1.165, 1.54) is 11.9 Å². The molecule has 1 aromatic carbocycles. The molecule has 1 aromatic rings. The topological polar surface area (TPSA) is 20.3 Å². The number of benzene rings is 1. The third kappa shape index (κ3) is 2.31. The summed E-state index contributed by atoms with van der Waals surface area (Å²) in [7, 11) is 1.53. The predicted molar refractivity (Wildman–Crippen MR) is 67.5 cm³/mol. The highest BCUT2D eigenvalue weighted by atomic mass is 35.5. The lowest BCUT2D eigenvalue weighted by Crippen LogP contribution is -2.37. The lowest BCUT2D eigenvalue weighted by Gasteiger charge is -2.23. The number of fused-ring (bicyclic) bond motifs is 1. The van der Waals surface area contributed by atoms with Crippen molar-refractivity contribution in [2.75, 3.05) is 11.9 Å². The first-order valence-corrected chi connectivity index (χ1v) is 6.18. The molecule has 0 radical (unpaired) electrons. The Labute approximate surface area is 114 Å². The molecule has 2 nitrogen and oxygen atoms in total. The number of hydrogen-bond acceptors (Lipinski definition) is 1. The summed E-state index contributed by atoms with van der Waals surface area (Å²) in [6.45, 7) is 1.54. The molecular weight excluding hydrogens is 279 g/mol. The summed E-state index contributed by atoms with van der Waals surface area (Å²) in [5, 5.41) is 0.379. The van der Waals surface area contributed by atoms with Crippen molar-refractivity contribution in [1.82, 2.24) is 0 Å². The van der Waals surface area contributed by atoms with E-state index in [9.17, 15) is 18.0 Å². The van der Waals surface area contributed by atoms with Crippen molar-refractivity contribution in [2.45, 2.75) is 31.4 Å². The number of carbonyl (C=O) groups excluding carboxylic acids is 1. The molecule has 0 N–H and O–H groups in total. The Balaban J connectivity index is 2.43. The van der Waals surface area contributed by atoms with Gasteiger partial charge in [0.15, 0.2) is 0 Å². The van der Waals surface area contributed by atoms with Crippen LogP contribution in [-0.4, -0.2) is 19.1 Å². The van der Waals surface area contributed by atoms with E-state index in [0.29, 0.717) is 16.3 Å². The van der Waals surface area contributed by atoms with E-state index in [0.717, 1.165) is 0 Å². The van der Waals surface area contributed by atoms with Gasteiger partial charge in [0.1, 0.15) is 0 Å². The van der Waals surface area contributed by atoms with Gasteiger partial charge in [-0.05, 0) is 25.0 Å². The van der Waals surface area contributed by atoms with Gasteiger partial charge < -0.3 is 4.90 Å². The SMILES string of the molecule is CN1C(=O)C(C)(CCC(F)(F)F)c2cccc(Cl)c21. The Bertz CT molecular complexity index is 529. The molecule has 6 heteroatoms. The van der Waals surface area contributed by atoms with E-state index in [1.54, 1.807) is 25.1 Å². The number of alkyl halides is 3. The maximum absolute atomic E-state index is 12.4. The molecular formula is C13H13ClF3NO. The molecule has 1 unspecified atom stereocenters. The molecule has 0 bridgehead atoms. The van der Waals surface area contributed by atoms with Crippen molar-refractivity contribution in [1.29, 1.82) is 0 Å². The number of anilines is 1. The molecule has 1 aliphatic heterocycles. The van der Waals surface area contributed by atoms with Gasteiger partial charge in [-0.15, -0.1) is 0 Å². The van der Waals surface area contributed by atoms with E-state index in [-0.39, 0.29) is 12.3 Å². The number of rotatable bonds is 2. The maximum atomic E-state index is 12.4. The normalized spacial score (nSPS) is 22.8.